The molecule has 1 fully saturated rings. The van der Waals surface area contributed by atoms with Gasteiger partial charge in [-0.2, -0.15) is 0 Å². The highest BCUT2D eigenvalue weighted by Crippen LogP contribution is 2.25. The average molecular weight is 431 g/mol. The number of thiazole rings is 1. The summed E-state index contributed by atoms with van der Waals surface area (Å²) in [5.41, 5.74) is 6.88. The third-order valence-electron chi connectivity index (χ3n) is 4.27. The molecule has 6 nitrogen and oxygen atoms in total. The van der Waals surface area contributed by atoms with Gasteiger partial charge in [0.2, 0.25) is 5.91 Å². The van der Waals surface area contributed by atoms with Crippen molar-refractivity contribution in [3.05, 3.63) is 41.4 Å². The fraction of sp³-hybridized carbons (Fsp3) is 0.389. The first kappa shape index (κ1) is 23.4. The Kier molecular flexibility index (Phi) is 9.73. The average Bonchev–Trinajstić information content (AvgIpc) is 3.16. The van der Waals surface area contributed by atoms with Gasteiger partial charge in [-0.15, -0.1) is 36.2 Å². The van der Waals surface area contributed by atoms with Gasteiger partial charge < -0.3 is 16.0 Å². The van der Waals surface area contributed by atoms with Crippen molar-refractivity contribution in [2.45, 2.75) is 12.8 Å². The molecule has 1 atom stereocenters. The van der Waals surface area contributed by atoms with E-state index in [4.69, 9.17) is 5.73 Å². The molecule has 1 aliphatic heterocycles. The second kappa shape index (κ2) is 11.2. The van der Waals surface area contributed by atoms with Crippen LogP contribution in [0.15, 0.2) is 35.7 Å². The normalized spacial score (nSPS) is 16.0. The van der Waals surface area contributed by atoms with Crippen LogP contribution in [0.1, 0.15) is 23.3 Å². The maximum atomic E-state index is 12.7. The number of rotatable bonds is 5. The molecule has 1 unspecified atom stereocenters. The molecule has 148 valence electrons. The lowest BCUT2D eigenvalue weighted by atomic mass is 9.97. The smallest absolute Gasteiger partial charge is 0.273 e. The van der Waals surface area contributed by atoms with E-state index in [1.165, 1.54) is 11.3 Å². The number of nitrogens with two attached hydrogens (primary N) is 1. The fourth-order valence-electron chi connectivity index (χ4n) is 2.96. The van der Waals surface area contributed by atoms with Crippen LogP contribution in [-0.4, -0.2) is 47.9 Å². The molecule has 1 aliphatic rings. The number of piperidine rings is 1. The number of nitrogens with one attached hydrogen (secondary N) is 1. The van der Waals surface area contributed by atoms with Gasteiger partial charge >= 0.3 is 0 Å². The topological polar surface area (TPSA) is 88.3 Å². The van der Waals surface area contributed by atoms with E-state index in [1.807, 2.05) is 30.3 Å². The number of halogens is 2. The standard InChI is InChI=1S/C18H22N4O2S.2ClH/c19-8-9-20-16(23)14-7-4-10-22(11-14)18(24)15-12-25-17(21-15)13-5-2-1-3-6-13;;/h1-3,5-6,12,14H,4,7-11,19H2,(H,20,23);2*1H. The van der Waals surface area contributed by atoms with E-state index in [1.54, 1.807) is 10.3 Å². The zero-order valence-electron chi connectivity index (χ0n) is 14.8. The van der Waals surface area contributed by atoms with Gasteiger partial charge in [0.05, 0.1) is 5.92 Å². The molecular formula is C18H24Cl2N4O2S. The van der Waals surface area contributed by atoms with Crippen molar-refractivity contribution in [1.82, 2.24) is 15.2 Å². The van der Waals surface area contributed by atoms with Crippen LogP contribution >= 0.6 is 36.2 Å². The Morgan fingerprint density at radius 1 is 1.26 bits per heavy atom. The van der Waals surface area contributed by atoms with Gasteiger partial charge in [-0.1, -0.05) is 30.3 Å². The van der Waals surface area contributed by atoms with Crippen molar-refractivity contribution in [1.29, 1.82) is 0 Å². The first-order valence-electron chi connectivity index (χ1n) is 8.47. The molecule has 9 heteroatoms. The molecule has 1 aromatic heterocycles. The van der Waals surface area contributed by atoms with Gasteiger partial charge in [0.1, 0.15) is 10.7 Å². The molecule has 1 saturated heterocycles. The van der Waals surface area contributed by atoms with Crippen LogP contribution < -0.4 is 11.1 Å². The number of hydrogen-bond donors (Lipinski definition) is 2. The maximum absolute atomic E-state index is 12.7. The zero-order valence-corrected chi connectivity index (χ0v) is 17.2. The van der Waals surface area contributed by atoms with Crippen molar-refractivity contribution >= 4 is 48.0 Å². The Morgan fingerprint density at radius 2 is 2.00 bits per heavy atom. The predicted molar refractivity (Wildman–Crippen MR) is 113 cm³/mol. The second-order valence-corrected chi connectivity index (χ2v) is 6.93. The number of carbonyl (C=O) groups excluding carboxylic acids is 2. The lowest BCUT2D eigenvalue weighted by Gasteiger charge is -2.31. The Hall–Kier alpha value is -1.67. The molecule has 3 rings (SSSR count). The summed E-state index contributed by atoms with van der Waals surface area (Å²) in [6.07, 6.45) is 1.62. The summed E-state index contributed by atoms with van der Waals surface area (Å²) in [7, 11) is 0. The largest absolute Gasteiger partial charge is 0.355 e. The molecule has 0 bridgehead atoms. The van der Waals surface area contributed by atoms with Gasteiger partial charge in [-0.25, -0.2) is 4.98 Å². The Balaban J connectivity index is 0.00000182. The first-order chi connectivity index (χ1) is 12.2. The van der Waals surface area contributed by atoms with Crippen molar-refractivity contribution in [3.63, 3.8) is 0 Å². The summed E-state index contributed by atoms with van der Waals surface area (Å²) in [5, 5.41) is 5.44. The number of hydrogen-bond acceptors (Lipinski definition) is 5. The molecule has 2 amide bonds. The maximum Gasteiger partial charge on any atom is 0.273 e. The molecule has 3 N–H and O–H groups in total. The Bertz CT molecular complexity index is 742. The Labute approximate surface area is 175 Å². The molecule has 0 radical (unpaired) electrons. The molecule has 0 spiro atoms. The lowest BCUT2D eigenvalue weighted by molar-refractivity contribution is -0.126. The van der Waals surface area contributed by atoms with E-state index in [9.17, 15) is 9.59 Å². The minimum absolute atomic E-state index is 0. The second-order valence-electron chi connectivity index (χ2n) is 6.07. The van der Waals surface area contributed by atoms with Crippen LogP contribution in [-0.2, 0) is 4.79 Å². The zero-order chi connectivity index (χ0) is 17.6. The van der Waals surface area contributed by atoms with Crippen LogP contribution in [0.4, 0.5) is 0 Å². The Morgan fingerprint density at radius 3 is 2.70 bits per heavy atom. The SMILES string of the molecule is Cl.Cl.NCCNC(=O)C1CCCN(C(=O)c2csc(-c3ccccc3)n2)C1. The number of benzene rings is 1. The fourth-order valence-corrected chi connectivity index (χ4v) is 3.76. The van der Waals surface area contributed by atoms with Crippen LogP contribution in [0, 0.1) is 5.92 Å². The predicted octanol–water partition coefficient (Wildman–Crippen LogP) is 2.58. The lowest BCUT2D eigenvalue weighted by Crippen LogP contribution is -2.46. The monoisotopic (exact) mass is 430 g/mol. The van der Waals surface area contributed by atoms with Gasteiger partial charge in [0.25, 0.3) is 5.91 Å². The highest BCUT2D eigenvalue weighted by Gasteiger charge is 2.29. The minimum atomic E-state index is -0.170. The highest BCUT2D eigenvalue weighted by molar-refractivity contribution is 7.13. The first-order valence-corrected chi connectivity index (χ1v) is 9.35. The summed E-state index contributed by atoms with van der Waals surface area (Å²) < 4.78 is 0. The summed E-state index contributed by atoms with van der Waals surface area (Å²) in [6.45, 7) is 1.99. The molecule has 0 saturated carbocycles. The van der Waals surface area contributed by atoms with Crippen molar-refractivity contribution < 1.29 is 9.59 Å². The molecular weight excluding hydrogens is 407 g/mol. The minimum Gasteiger partial charge on any atom is -0.355 e. The third kappa shape index (κ3) is 5.90. The van der Waals surface area contributed by atoms with Crippen LogP contribution in [0.25, 0.3) is 10.6 Å². The summed E-state index contributed by atoms with van der Waals surface area (Å²) in [4.78, 5) is 31.1. The van der Waals surface area contributed by atoms with Crippen LogP contribution in [0.5, 0.6) is 0 Å². The number of carbonyl (C=O) groups is 2. The van der Waals surface area contributed by atoms with Crippen LogP contribution in [0.2, 0.25) is 0 Å². The third-order valence-corrected chi connectivity index (χ3v) is 5.16. The van der Waals surface area contributed by atoms with Crippen LogP contribution in [0.3, 0.4) is 0 Å². The number of amides is 2. The van der Waals surface area contributed by atoms with E-state index in [0.717, 1.165) is 23.4 Å². The van der Waals surface area contributed by atoms with E-state index in [-0.39, 0.29) is 42.5 Å². The van der Waals surface area contributed by atoms with E-state index in [0.29, 0.717) is 31.9 Å². The quantitative estimate of drug-likeness (QED) is 0.762. The summed E-state index contributed by atoms with van der Waals surface area (Å²) in [5.74, 6) is -0.294. The van der Waals surface area contributed by atoms with E-state index in [2.05, 4.69) is 10.3 Å². The molecule has 0 aliphatic carbocycles. The number of aromatic nitrogens is 1. The van der Waals surface area contributed by atoms with Gasteiger partial charge in [-0.05, 0) is 12.8 Å². The van der Waals surface area contributed by atoms with E-state index >= 15 is 0 Å². The van der Waals surface area contributed by atoms with Gasteiger partial charge in [0, 0.05) is 37.1 Å². The number of likely N-dealkylation sites (tertiary alicyclic amines) is 1. The van der Waals surface area contributed by atoms with Crippen molar-refractivity contribution in [2.24, 2.45) is 11.7 Å². The van der Waals surface area contributed by atoms with Crippen molar-refractivity contribution in [3.8, 4) is 10.6 Å². The molecule has 2 heterocycles. The number of nitrogens with zero attached hydrogens (tertiary/aromatic N) is 2. The molecule has 1 aromatic carbocycles. The summed E-state index contributed by atoms with van der Waals surface area (Å²) >= 11 is 1.46. The summed E-state index contributed by atoms with van der Waals surface area (Å²) in [6, 6.07) is 9.81. The highest BCUT2D eigenvalue weighted by atomic mass is 35.5. The molecule has 2 aromatic rings. The molecule has 27 heavy (non-hydrogen) atoms. The van der Waals surface area contributed by atoms with Crippen molar-refractivity contribution in [2.75, 3.05) is 26.2 Å². The van der Waals surface area contributed by atoms with E-state index < -0.39 is 0 Å². The van der Waals surface area contributed by atoms with Gasteiger partial charge in [0.15, 0.2) is 0 Å². The van der Waals surface area contributed by atoms with Gasteiger partial charge in [-0.3, -0.25) is 9.59 Å².